The molecule has 2 rings (SSSR count). The lowest BCUT2D eigenvalue weighted by Crippen LogP contribution is -2.37. The van der Waals surface area contributed by atoms with Crippen LogP contribution in [-0.2, 0) is 23.9 Å². The lowest BCUT2D eigenvalue weighted by Gasteiger charge is -2.27. The van der Waals surface area contributed by atoms with Gasteiger partial charge in [-0.05, 0) is 53.4 Å². The van der Waals surface area contributed by atoms with Crippen LogP contribution in [0.3, 0.4) is 0 Å². The monoisotopic (exact) mass is 536 g/mol. The highest BCUT2D eigenvalue weighted by atomic mass is 16.3. The van der Waals surface area contributed by atoms with Crippen LogP contribution in [0, 0.1) is 5.41 Å². The smallest absolute Gasteiger partial charge is 0.128 e. The Labute approximate surface area is 237 Å². The molecule has 0 aromatic heterocycles. The molecule has 2 aromatic carbocycles. The number of nitrogens with one attached hydrogen (secondary N) is 2. The van der Waals surface area contributed by atoms with E-state index >= 15 is 0 Å². The highest BCUT2D eigenvalue weighted by Gasteiger charge is 2.22. The van der Waals surface area contributed by atoms with E-state index in [9.17, 15) is 10.2 Å². The molecule has 4 N–H and O–H groups in total. The SMILES string of the molecule is CC/N=C/c1cc(C(C)(C)C)cc(CNCC(C)(C)CNCc2cc(C(C)(C)C)cc(/C=N/CC)c2O)c1O. The van der Waals surface area contributed by atoms with Crippen molar-refractivity contribution in [1.82, 2.24) is 10.6 Å². The van der Waals surface area contributed by atoms with E-state index in [-0.39, 0.29) is 16.2 Å². The van der Waals surface area contributed by atoms with Crippen LogP contribution in [0.15, 0.2) is 34.3 Å². The van der Waals surface area contributed by atoms with Crippen LogP contribution in [0.5, 0.6) is 11.5 Å². The van der Waals surface area contributed by atoms with Gasteiger partial charge in [0.2, 0.25) is 0 Å². The third-order valence-corrected chi connectivity index (χ3v) is 6.83. The first-order valence-corrected chi connectivity index (χ1v) is 14.2. The zero-order chi connectivity index (χ0) is 29.4. The summed E-state index contributed by atoms with van der Waals surface area (Å²) in [6, 6.07) is 8.27. The van der Waals surface area contributed by atoms with Crippen LogP contribution in [-0.4, -0.2) is 48.8 Å². The van der Waals surface area contributed by atoms with E-state index in [0.717, 1.165) is 35.3 Å². The zero-order valence-corrected chi connectivity index (χ0v) is 26.0. The summed E-state index contributed by atoms with van der Waals surface area (Å²) in [4.78, 5) is 8.70. The minimum atomic E-state index is -0.0481. The molecule has 0 fully saturated rings. The third kappa shape index (κ3) is 9.77. The molecule has 6 heteroatoms. The van der Waals surface area contributed by atoms with E-state index in [4.69, 9.17) is 0 Å². The van der Waals surface area contributed by atoms with Crippen molar-refractivity contribution in [2.24, 2.45) is 15.4 Å². The van der Waals surface area contributed by atoms with Crippen molar-refractivity contribution in [3.63, 3.8) is 0 Å². The Morgan fingerprint density at radius 1 is 0.641 bits per heavy atom. The number of nitrogens with zero attached hydrogens (tertiary/aromatic N) is 2. The fourth-order valence-electron chi connectivity index (χ4n) is 4.28. The Bertz CT molecular complexity index is 1060. The minimum Gasteiger partial charge on any atom is -0.507 e. The summed E-state index contributed by atoms with van der Waals surface area (Å²) in [6.45, 7) is 25.5. The van der Waals surface area contributed by atoms with Crippen molar-refractivity contribution in [2.75, 3.05) is 26.2 Å². The van der Waals surface area contributed by atoms with Crippen LogP contribution < -0.4 is 10.6 Å². The molecule has 0 atom stereocenters. The highest BCUT2D eigenvalue weighted by Crippen LogP contribution is 2.32. The molecule has 0 heterocycles. The number of hydrogen-bond acceptors (Lipinski definition) is 6. The van der Waals surface area contributed by atoms with Gasteiger partial charge in [0.05, 0.1) is 0 Å². The predicted octanol–water partition coefficient (Wildman–Crippen LogP) is 6.48. The number of phenols is 2. The fourth-order valence-corrected chi connectivity index (χ4v) is 4.28. The fraction of sp³-hybridized carbons (Fsp3) is 0.576. The van der Waals surface area contributed by atoms with Crippen LogP contribution >= 0.6 is 0 Å². The first kappa shape index (κ1) is 32.5. The largest absolute Gasteiger partial charge is 0.507 e. The Hall–Kier alpha value is -2.70. The molecule has 6 nitrogen and oxygen atoms in total. The van der Waals surface area contributed by atoms with Crippen LogP contribution in [0.2, 0.25) is 0 Å². The van der Waals surface area contributed by atoms with Gasteiger partial charge in [0, 0.05) is 74.0 Å². The van der Waals surface area contributed by atoms with Crippen LogP contribution in [0.4, 0.5) is 0 Å². The van der Waals surface area contributed by atoms with Crippen molar-refractivity contribution < 1.29 is 10.2 Å². The van der Waals surface area contributed by atoms with E-state index in [1.807, 2.05) is 26.0 Å². The summed E-state index contributed by atoms with van der Waals surface area (Å²) in [5.74, 6) is 0.584. The standard InChI is InChI=1S/C33H52N4O2/c1-11-34-17-23-13-27(31(3,4)5)15-25(29(23)38)19-36-21-33(9,10)22-37-20-26-16-28(32(6,7)8)14-24(30(26)39)18-35-12-2/h13-18,36-39H,11-12,19-22H2,1-10H3/b34-17+,35-18+. The summed E-state index contributed by atoms with van der Waals surface area (Å²) in [6.07, 6.45) is 3.54. The first-order chi connectivity index (χ1) is 18.1. The van der Waals surface area contributed by atoms with Gasteiger partial charge < -0.3 is 20.8 Å². The van der Waals surface area contributed by atoms with Crippen molar-refractivity contribution in [3.05, 3.63) is 57.6 Å². The number of phenolic OH excluding ortho intramolecular Hbond substituents is 2. The molecule has 216 valence electrons. The normalized spacial score (nSPS) is 13.2. The second-order valence-corrected chi connectivity index (χ2v) is 13.3. The average Bonchev–Trinajstić information content (AvgIpc) is 2.83. The minimum absolute atomic E-state index is 0.0292. The Kier molecular flexibility index (Phi) is 11.3. The molecule has 0 amide bonds. The second kappa shape index (κ2) is 13.6. The lowest BCUT2D eigenvalue weighted by molar-refractivity contribution is 0.317. The molecule has 0 unspecified atom stereocenters. The quantitative estimate of drug-likeness (QED) is 0.234. The first-order valence-electron chi connectivity index (χ1n) is 14.2. The summed E-state index contributed by atoms with van der Waals surface area (Å²) in [5.41, 5.74) is 5.55. The number of aromatic hydroxyl groups is 2. The van der Waals surface area contributed by atoms with Crippen molar-refractivity contribution >= 4 is 12.4 Å². The van der Waals surface area contributed by atoms with E-state index in [0.29, 0.717) is 37.7 Å². The molecule has 0 aliphatic heterocycles. The van der Waals surface area contributed by atoms with E-state index in [1.165, 1.54) is 11.1 Å². The van der Waals surface area contributed by atoms with E-state index in [2.05, 4.69) is 88.1 Å². The third-order valence-electron chi connectivity index (χ3n) is 6.83. The van der Waals surface area contributed by atoms with Crippen molar-refractivity contribution in [2.45, 2.75) is 93.2 Å². The summed E-state index contributed by atoms with van der Waals surface area (Å²) in [5, 5.41) is 28.9. The molecule has 0 radical (unpaired) electrons. The predicted molar refractivity (Wildman–Crippen MR) is 167 cm³/mol. The van der Waals surface area contributed by atoms with Gasteiger partial charge in [-0.15, -0.1) is 0 Å². The zero-order valence-electron chi connectivity index (χ0n) is 26.0. The van der Waals surface area contributed by atoms with Gasteiger partial charge in [-0.3, -0.25) is 9.98 Å². The molecule has 0 saturated carbocycles. The molecule has 39 heavy (non-hydrogen) atoms. The topological polar surface area (TPSA) is 89.2 Å². The summed E-state index contributed by atoms with van der Waals surface area (Å²) < 4.78 is 0. The van der Waals surface area contributed by atoms with Gasteiger partial charge in [0.1, 0.15) is 11.5 Å². The van der Waals surface area contributed by atoms with E-state index < -0.39 is 0 Å². The maximum atomic E-state index is 10.9. The highest BCUT2D eigenvalue weighted by molar-refractivity contribution is 5.85. The average molecular weight is 537 g/mol. The summed E-state index contributed by atoms with van der Waals surface area (Å²) in [7, 11) is 0. The molecule has 2 aromatic rings. The lowest BCUT2D eigenvalue weighted by atomic mass is 9.84. The van der Waals surface area contributed by atoms with Gasteiger partial charge in [0.15, 0.2) is 0 Å². The Morgan fingerprint density at radius 2 is 1.00 bits per heavy atom. The second-order valence-electron chi connectivity index (χ2n) is 13.3. The summed E-state index contributed by atoms with van der Waals surface area (Å²) >= 11 is 0. The molecule has 0 bridgehead atoms. The van der Waals surface area contributed by atoms with Gasteiger partial charge >= 0.3 is 0 Å². The van der Waals surface area contributed by atoms with Crippen LogP contribution in [0.25, 0.3) is 0 Å². The van der Waals surface area contributed by atoms with Crippen LogP contribution in [0.1, 0.15) is 103 Å². The van der Waals surface area contributed by atoms with E-state index in [1.54, 1.807) is 12.4 Å². The number of hydrogen-bond donors (Lipinski definition) is 4. The molecular formula is C33H52N4O2. The number of aliphatic imine (C=N–C) groups is 2. The van der Waals surface area contributed by atoms with Gasteiger partial charge in [-0.1, -0.05) is 67.5 Å². The molecule has 0 aliphatic rings. The van der Waals surface area contributed by atoms with Gasteiger partial charge in [0.25, 0.3) is 0 Å². The Balaban J connectivity index is 2.09. The van der Waals surface area contributed by atoms with Gasteiger partial charge in [-0.2, -0.15) is 0 Å². The molecular weight excluding hydrogens is 484 g/mol. The molecule has 0 aliphatic carbocycles. The maximum absolute atomic E-state index is 10.9. The molecule has 0 spiro atoms. The Morgan fingerprint density at radius 3 is 1.31 bits per heavy atom. The number of benzene rings is 2. The van der Waals surface area contributed by atoms with Gasteiger partial charge in [-0.25, -0.2) is 0 Å². The number of rotatable bonds is 12. The molecule has 0 saturated heterocycles. The van der Waals surface area contributed by atoms with Crippen molar-refractivity contribution in [1.29, 1.82) is 0 Å². The maximum Gasteiger partial charge on any atom is 0.128 e. The van der Waals surface area contributed by atoms with Crippen molar-refractivity contribution in [3.8, 4) is 11.5 Å².